The molecule has 128 valence electrons. The molecule has 7 heteroatoms. The quantitative estimate of drug-likeness (QED) is 0.728. The van der Waals surface area contributed by atoms with Crippen molar-refractivity contribution >= 4 is 39.1 Å². The van der Waals surface area contributed by atoms with Crippen molar-refractivity contribution in [2.45, 2.75) is 13.0 Å². The zero-order chi connectivity index (χ0) is 17.7. The Morgan fingerprint density at radius 3 is 2.71 bits per heavy atom. The van der Waals surface area contributed by atoms with E-state index in [2.05, 4.69) is 26.6 Å². The Morgan fingerprint density at radius 1 is 1.33 bits per heavy atom. The fraction of sp³-hybridized carbons (Fsp3) is 0.235. The first-order valence-electron chi connectivity index (χ1n) is 7.22. The van der Waals surface area contributed by atoms with Crippen molar-refractivity contribution < 1.29 is 13.9 Å². The van der Waals surface area contributed by atoms with E-state index in [9.17, 15) is 9.18 Å². The molecule has 0 spiro atoms. The van der Waals surface area contributed by atoms with E-state index in [0.717, 1.165) is 21.9 Å². The highest BCUT2D eigenvalue weighted by atomic mass is 79.9. The van der Waals surface area contributed by atoms with E-state index in [-0.39, 0.29) is 23.5 Å². The van der Waals surface area contributed by atoms with Crippen LogP contribution in [0.2, 0.25) is 5.02 Å². The van der Waals surface area contributed by atoms with E-state index >= 15 is 0 Å². The number of amides is 1. The van der Waals surface area contributed by atoms with E-state index < -0.39 is 5.82 Å². The van der Waals surface area contributed by atoms with Gasteiger partial charge in [0.15, 0.2) is 0 Å². The molecule has 0 saturated carbocycles. The molecule has 0 fully saturated rings. The number of hydrogen-bond donors (Lipinski definition) is 2. The van der Waals surface area contributed by atoms with E-state index in [1.54, 1.807) is 7.11 Å². The van der Waals surface area contributed by atoms with Crippen molar-refractivity contribution in [3.8, 4) is 5.75 Å². The van der Waals surface area contributed by atoms with Gasteiger partial charge in [0.1, 0.15) is 11.6 Å². The number of benzene rings is 2. The van der Waals surface area contributed by atoms with Crippen LogP contribution < -0.4 is 15.4 Å². The van der Waals surface area contributed by atoms with Gasteiger partial charge in [-0.3, -0.25) is 4.79 Å². The van der Waals surface area contributed by atoms with Gasteiger partial charge in [-0.1, -0.05) is 17.7 Å². The predicted octanol–water partition coefficient (Wildman–Crippen LogP) is 4.54. The van der Waals surface area contributed by atoms with Gasteiger partial charge < -0.3 is 15.4 Å². The van der Waals surface area contributed by atoms with Gasteiger partial charge in [0.25, 0.3) is 0 Å². The first kappa shape index (κ1) is 18.7. The number of nitrogens with one attached hydrogen (secondary N) is 2. The molecule has 0 aliphatic carbocycles. The third kappa shape index (κ3) is 4.93. The summed E-state index contributed by atoms with van der Waals surface area (Å²) in [5.74, 6) is 0.0346. The van der Waals surface area contributed by atoms with Crippen LogP contribution in [-0.2, 0) is 4.79 Å². The van der Waals surface area contributed by atoms with Crippen LogP contribution in [0, 0.1) is 5.82 Å². The molecule has 0 aliphatic heterocycles. The van der Waals surface area contributed by atoms with Gasteiger partial charge in [-0.15, -0.1) is 0 Å². The highest BCUT2D eigenvalue weighted by Gasteiger charge is 2.11. The third-order valence-corrected chi connectivity index (χ3v) is 4.38. The molecule has 0 saturated heterocycles. The molecule has 0 unspecified atom stereocenters. The number of methoxy groups -OCH3 is 1. The fourth-order valence-electron chi connectivity index (χ4n) is 2.10. The molecule has 0 aliphatic rings. The Labute approximate surface area is 153 Å². The lowest BCUT2D eigenvalue weighted by Gasteiger charge is -2.16. The van der Waals surface area contributed by atoms with Crippen LogP contribution in [-0.4, -0.2) is 19.6 Å². The minimum Gasteiger partial charge on any atom is -0.496 e. The molecule has 24 heavy (non-hydrogen) atoms. The average molecular weight is 416 g/mol. The first-order valence-corrected chi connectivity index (χ1v) is 8.39. The van der Waals surface area contributed by atoms with Gasteiger partial charge in [-0.2, -0.15) is 0 Å². The summed E-state index contributed by atoms with van der Waals surface area (Å²) in [4.78, 5) is 12.0. The Morgan fingerprint density at radius 2 is 2.08 bits per heavy atom. The summed E-state index contributed by atoms with van der Waals surface area (Å²) in [6.45, 7) is 2.05. The van der Waals surface area contributed by atoms with Crippen LogP contribution in [0.15, 0.2) is 40.9 Å². The van der Waals surface area contributed by atoms with Crippen LogP contribution in [0.1, 0.15) is 18.5 Å². The fourth-order valence-corrected chi connectivity index (χ4v) is 2.87. The summed E-state index contributed by atoms with van der Waals surface area (Å²) in [5.41, 5.74) is 1.39. The Bertz CT molecular complexity index is 743. The number of carbonyl (C=O) groups is 1. The SMILES string of the molecule is COc1ccc([C@H](C)NCC(=O)Nc2ccc(F)cc2Cl)cc1Br. The molecule has 4 nitrogen and oxygen atoms in total. The largest absolute Gasteiger partial charge is 0.496 e. The number of anilines is 1. The minimum atomic E-state index is -0.449. The van der Waals surface area contributed by atoms with Crippen molar-refractivity contribution in [3.63, 3.8) is 0 Å². The Hall–Kier alpha value is -1.63. The molecule has 1 atom stereocenters. The molecule has 2 aromatic carbocycles. The molecule has 0 heterocycles. The van der Waals surface area contributed by atoms with Crippen molar-refractivity contribution in [2.75, 3.05) is 19.0 Å². The van der Waals surface area contributed by atoms with Crippen LogP contribution >= 0.6 is 27.5 Å². The number of carbonyl (C=O) groups excluding carboxylic acids is 1. The molecular formula is C17H17BrClFN2O2. The average Bonchev–Trinajstić information content (AvgIpc) is 2.55. The predicted molar refractivity (Wildman–Crippen MR) is 97.2 cm³/mol. The maximum absolute atomic E-state index is 13.0. The van der Waals surface area contributed by atoms with Crippen molar-refractivity contribution in [3.05, 3.63) is 57.3 Å². The highest BCUT2D eigenvalue weighted by Crippen LogP contribution is 2.28. The minimum absolute atomic E-state index is 0.0401. The Kier molecular flexibility index (Phi) is 6.60. The zero-order valence-electron chi connectivity index (χ0n) is 13.2. The molecule has 2 N–H and O–H groups in total. The second-order valence-electron chi connectivity index (χ2n) is 5.17. The standard InChI is InChI=1S/C17H17BrClFN2O2/c1-10(11-3-6-16(24-2)13(18)7-11)21-9-17(23)22-15-5-4-12(20)8-14(15)19/h3-8,10,21H,9H2,1-2H3,(H,22,23)/t10-/m0/s1. The summed E-state index contributed by atoms with van der Waals surface area (Å²) >= 11 is 9.32. The van der Waals surface area contributed by atoms with Gasteiger partial charge in [0, 0.05) is 6.04 Å². The summed E-state index contributed by atoms with van der Waals surface area (Å²) < 4.78 is 19.0. The number of ether oxygens (including phenoxy) is 1. The van der Waals surface area contributed by atoms with Crippen molar-refractivity contribution in [1.82, 2.24) is 5.32 Å². The van der Waals surface area contributed by atoms with E-state index in [0.29, 0.717) is 5.69 Å². The lowest BCUT2D eigenvalue weighted by atomic mass is 10.1. The molecule has 0 aromatic heterocycles. The summed E-state index contributed by atoms with van der Waals surface area (Å²) in [6, 6.07) is 9.51. The molecule has 0 bridgehead atoms. The maximum Gasteiger partial charge on any atom is 0.238 e. The van der Waals surface area contributed by atoms with Crippen LogP contribution in [0.3, 0.4) is 0 Å². The van der Waals surface area contributed by atoms with Crippen molar-refractivity contribution in [1.29, 1.82) is 0 Å². The van der Waals surface area contributed by atoms with Crippen molar-refractivity contribution in [2.24, 2.45) is 0 Å². The third-order valence-electron chi connectivity index (χ3n) is 3.45. The van der Waals surface area contributed by atoms with E-state index in [1.807, 2.05) is 25.1 Å². The second kappa shape index (κ2) is 8.46. The lowest BCUT2D eigenvalue weighted by molar-refractivity contribution is -0.115. The molecule has 2 aromatic rings. The topological polar surface area (TPSA) is 50.4 Å². The zero-order valence-corrected chi connectivity index (χ0v) is 15.5. The first-order chi connectivity index (χ1) is 11.4. The lowest BCUT2D eigenvalue weighted by Crippen LogP contribution is -2.30. The summed E-state index contributed by atoms with van der Waals surface area (Å²) in [6.07, 6.45) is 0. The normalized spacial score (nSPS) is 11.9. The number of rotatable bonds is 6. The van der Waals surface area contributed by atoms with Crippen LogP contribution in [0.4, 0.5) is 10.1 Å². The van der Waals surface area contributed by atoms with Gasteiger partial charge in [0.05, 0.1) is 28.8 Å². The molecule has 0 radical (unpaired) electrons. The molecule has 1 amide bonds. The van der Waals surface area contributed by atoms with Gasteiger partial charge in [-0.25, -0.2) is 4.39 Å². The maximum atomic E-state index is 13.0. The van der Waals surface area contributed by atoms with Gasteiger partial charge in [0.2, 0.25) is 5.91 Å². The van der Waals surface area contributed by atoms with E-state index in [1.165, 1.54) is 12.1 Å². The van der Waals surface area contributed by atoms with Crippen LogP contribution in [0.25, 0.3) is 0 Å². The number of halogens is 3. The van der Waals surface area contributed by atoms with E-state index in [4.69, 9.17) is 16.3 Å². The Balaban J connectivity index is 1.92. The van der Waals surface area contributed by atoms with Gasteiger partial charge in [-0.05, 0) is 58.7 Å². The summed E-state index contributed by atoms with van der Waals surface area (Å²) in [5, 5.41) is 5.93. The smallest absolute Gasteiger partial charge is 0.238 e. The number of hydrogen-bond acceptors (Lipinski definition) is 3. The second-order valence-corrected chi connectivity index (χ2v) is 6.43. The van der Waals surface area contributed by atoms with Gasteiger partial charge >= 0.3 is 0 Å². The molecular weight excluding hydrogens is 399 g/mol. The highest BCUT2D eigenvalue weighted by molar-refractivity contribution is 9.10. The molecule has 2 rings (SSSR count). The summed E-state index contributed by atoms with van der Waals surface area (Å²) in [7, 11) is 1.60. The monoisotopic (exact) mass is 414 g/mol. The van der Waals surface area contributed by atoms with Crippen LogP contribution in [0.5, 0.6) is 5.75 Å².